The Balaban J connectivity index is 2.04. The zero-order chi connectivity index (χ0) is 15.4. The van der Waals surface area contributed by atoms with Gasteiger partial charge in [0.15, 0.2) is 0 Å². The van der Waals surface area contributed by atoms with Crippen molar-refractivity contribution in [3.63, 3.8) is 0 Å². The molecule has 21 heavy (non-hydrogen) atoms. The quantitative estimate of drug-likeness (QED) is 0.842. The summed E-state index contributed by atoms with van der Waals surface area (Å²) in [6.45, 7) is 1.75. The summed E-state index contributed by atoms with van der Waals surface area (Å²) in [7, 11) is 0. The van der Waals surface area contributed by atoms with Crippen molar-refractivity contribution >= 4 is 11.9 Å². The van der Waals surface area contributed by atoms with Gasteiger partial charge in [0.1, 0.15) is 17.9 Å². The van der Waals surface area contributed by atoms with Crippen LogP contribution in [0.25, 0.3) is 0 Å². The van der Waals surface area contributed by atoms with Crippen LogP contribution in [0.1, 0.15) is 31.8 Å². The summed E-state index contributed by atoms with van der Waals surface area (Å²) in [5.74, 6) is -1.19. The molecule has 2 rings (SSSR count). The molecule has 0 aliphatic heterocycles. The Bertz CT molecular complexity index is 677. The molecule has 1 amide bonds. The molecule has 0 heterocycles. The number of hydrogen-bond donors (Lipinski definition) is 2. The molecule has 5 heteroatoms. The Labute approximate surface area is 122 Å². The number of phenolic OH excluding ortho intramolecular Hbond substituents is 1. The van der Waals surface area contributed by atoms with E-state index in [9.17, 15) is 14.7 Å². The van der Waals surface area contributed by atoms with Crippen molar-refractivity contribution in [3.8, 4) is 5.75 Å². The number of esters is 1. The average Bonchev–Trinajstić information content (AvgIpc) is 2.48. The first-order valence-corrected chi connectivity index (χ1v) is 6.33. The molecular formula is C16H15NO4. The molecule has 0 atom stereocenters. The SMILES string of the molecule is Cc1cccc(C(=O)OCc2ccc(C(N)=O)cc2)c1O. The number of nitrogens with two attached hydrogens (primary N) is 1. The number of phenols is 1. The monoisotopic (exact) mass is 285 g/mol. The van der Waals surface area contributed by atoms with Crippen LogP contribution in [0.15, 0.2) is 42.5 Å². The number of primary amides is 1. The summed E-state index contributed by atoms with van der Waals surface area (Å²) in [4.78, 5) is 22.9. The molecule has 0 radical (unpaired) electrons. The molecule has 0 aliphatic rings. The van der Waals surface area contributed by atoms with Gasteiger partial charge in [-0.2, -0.15) is 0 Å². The molecule has 0 saturated carbocycles. The standard InChI is InChI=1S/C16H15NO4/c1-10-3-2-4-13(14(10)18)16(20)21-9-11-5-7-12(8-6-11)15(17)19/h2-8,18H,9H2,1H3,(H2,17,19). The van der Waals surface area contributed by atoms with Crippen LogP contribution in [0.4, 0.5) is 0 Å². The predicted octanol–water partition coefficient (Wildman–Crippen LogP) is 2.16. The van der Waals surface area contributed by atoms with Crippen LogP contribution in [-0.4, -0.2) is 17.0 Å². The lowest BCUT2D eigenvalue weighted by atomic mass is 10.1. The van der Waals surface area contributed by atoms with E-state index in [4.69, 9.17) is 10.5 Å². The van der Waals surface area contributed by atoms with E-state index in [0.717, 1.165) is 5.56 Å². The van der Waals surface area contributed by atoms with E-state index in [1.807, 2.05) is 0 Å². The van der Waals surface area contributed by atoms with E-state index in [-0.39, 0.29) is 17.9 Å². The van der Waals surface area contributed by atoms with E-state index in [0.29, 0.717) is 11.1 Å². The number of hydrogen-bond acceptors (Lipinski definition) is 4. The lowest BCUT2D eigenvalue weighted by molar-refractivity contribution is 0.0469. The van der Waals surface area contributed by atoms with E-state index in [1.165, 1.54) is 6.07 Å². The Morgan fingerprint density at radius 1 is 1.14 bits per heavy atom. The van der Waals surface area contributed by atoms with Gasteiger partial charge in [0.25, 0.3) is 0 Å². The molecule has 0 saturated heterocycles. The van der Waals surface area contributed by atoms with Gasteiger partial charge < -0.3 is 15.6 Å². The van der Waals surface area contributed by atoms with Gasteiger partial charge in [0.2, 0.25) is 5.91 Å². The lowest BCUT2D eigenvalue weighted by Crippen LogP contribution is -2.11. The number of aromatic hydroxyl groups is 1. The van der Waals surface area contributed by atoms with Gasteiger partial charge in [-0.1, -0.05) is 24.3 Å². The summed E-state index contributed by atoms with van der Waals surface area (Å²) in [5, 5.41) is 9.81. The van der Waals surface area contributed by atoms with Gasteiger partial charge in [0, 0.05) is 5.56 Å². The van der Waals surface area contributed by atoms with Crippen LogP contribution in [0.3, 0.4) is 0 Å². The van der Waals surface area contributed by atoms with Gasteiger partial charge in [-0.15, -0.1) is 0 Å². The third kappa shape index (κ3) is 3.39. The smallest absolute Gasteiger partial charge is 0.342 e. The van der Waals surface area contributed by atoms with Gasteiger partial charge in [-0.25, -0.2) is 4.79 Å². The zero-order valence-electron chi connectivity index (χ0n) is 11.5. The van der Waals surface area contributed by atoms with Crippen LogP contribution in [0.5, 0.6) is 5.75 Å². The molecule has 5 nitrogen and oxygen atoms in total. The number of ether oxygens (including phenoxy) is 1. The number of carbonyl (C=O) groups is 2. The first-order chi connectivity index (χ1) is 9.99. The first-order valence-electron chi connectivity index (χ1n) is 6.33. The second kappa shape index (κ2) is 6.09. The Hall–Kier alpha value is -2.82. The minimum absolute atomic E-state index is 0.0469. The van der Waals surface area contributed by atoms with Gasteiger partial charge >= 0.3 is 5.97 Å². The summed E-state index contributed by atoms with van der Waals surface area (Å²) < 4.78 is 5.14. The molecule has 0 bridgehead atoms. The highest BCUT2D eigenvalue weighted by Crippen LogP contribution is 2.22. The zero-order valence-corrected chi connectivity index (χ0v) is 11.5. The van der Waals surface area contributed by atoms with Crippen molar-refractivity contribution in [1.82, 2.24) is 0 Å². The van der Waals surface area contributed by atoms with Gasteiger partial charge in [-0.3, -0.25) is 4.79 Å². The number of rotatable bonds is 4. The first kappa shape index (κ1) is 14.6. The highest BCUT2D eigenvalue weighted by atomic mass is 16.5. The van der Waals surface area contributed by atoms with Crippen LogP contribution < -0.4 is 5.73 Å². The molecule has 2 aromatic carbocycles. The maximum absolute atomic E-state index is 11.9. The maximum Gasteiger partial charge on any atom is 0.342 e. The Morgan fingerprint density at radius 3 is 2.43 bits per heavy atom. The van der Waals surface area contributed by atoms with E-state index in [2.05, 4.69) is 0 Å². The minimum Gasteiger partial charge on any atom is -0.507 e. The lowest BCUT2D eigenvalue weighted by Gasteiger charge is -2.08. The summed E-state index contributed by atoms with van der Waals surface area (Å²) in [5.41, 5.74) is 6.99. The number of aryl methyl sites for hydroxylation is 1. The van der Waals surface area contributed by atoms with Crippen LogP contribution in [0, 0.1) is 6.92 Å². The fourth-order valence-electron chi connectivity index (χ4n) is 1.82. The van der Waals surface area contributed by atoms with E-state index in [1.54, 1.807) is 43.3 Å². The molecule has 0 spiro atoms. The highest BCUT2D eigenvalue weighted by Gasteiger charge is 2.14. The molecule has 0 aromatic heterocycles. The van der Waals surface area contributed by atoms with E-state index >= 15 is 0 Å². The van der Waals surface area contributed by atoms with Crippen molar-refractivity contribution in [3.05, 3.63) is 64.7 Å². The molecule has 2 aromatic rings. The van der Waals surface area contributed by atoms with Crippen LogP contribution >= 0.6 is 0 Å². The van der Waals surface area contributed by atoms with Crippen molar-refractivity contribution in [2.45, 2.75) is 13.5 Å². The van der Waals surface area contributed by atoms with Gasteiger partial charge in [-0.05, 0) is 36.2 Å². The maximum atomic E-state index is 11.9. The largest absolute Gasteiger partial charge is 0.507 e. The fourth-order valence-corrected chi connectivity index (χ4v) is 1.82. The topological polar surface area (TPSA) is 89.6 Å². The van der Waals surface area contributed by atoms with Crippen LogP contribution in [-0.2, 0) is 11.3 Å². The second-order valence-corrected chi connectivity index (χ2v) is 4.61. The number of amides is 1. The van der Waals surface area contributed by atoms with E-state index < -0.39 is 11.9 Å². The molecule has 108 valence electrons. The Kier molecular flexibility index (Phi) is 4.23. The number of para-hydroxylation sites is 1. The van der Waals surface area contributed by atoms with Crippen molar-refractivity contribution in [2.75, 3.05) is 0 Å². The fraction of sp³-hybridized carbons (Fsp3) is 0.125. The average molecular weight is 285 g/mol. The highest BCUT2D eigenvalue weighted by molar-refractivity contribution is 5.93. The summed E-state index contributed by atoms with van der Waals surface area (Å²) in [6.07, 6.45) is 0. The van der Waals surface area contributed by atoms with Crippen molar-refractivity contribution in [1.29, 1.82) is 0 Å². The summed E-state index contributed by atoms with van der Waals surface area (Å²) in [6, 6.07) is 11.3. The normalized spacial score (nSPS) is 10.1. The minimum atomic E-state index is -0.602. The second-order valence-electron chi connectivity index (χ2n) is 4.61. The number of carbonyl (C=O) groups excluding carboxylic acids is 2. The Morgan fingerprint density at radius 2 is 1.81 bits per heavy atom. The predicted molar refractivity (Wildman–Crippen MR) is 76.9 cm³/mol. The van der Waals surface area contributed by atoms with Gasteiger partial charge in [0.05, 0.1) is 0 Å². The molecule has 3 N–H and O–H groups in total. The third-order valence-corrected chi connectivity index (χ3v) is 3.07. The third-order valence-electron chi connectivity index (χ3n) is 3.07. The summed E-state index contributed by atoms with van der Waals surface area (Å²) >= 11 is 0. The molecular weight excluding hydrogens is 270 g/mol. The van der Waals surface area contributed by atoms with Crippen molar-refractivity contribution in [2.24, 2.45) is 5.73 Å². The molecule has 0 fully saturated rings. The molecule has 0 aliphatic carbocycles. The van der Waals surface area contributed by atoms with Crippen molar-refractivity contribution < 1.29 is 19.4 Å². The number of benzene rings is 2. The van der Waals surface area contributed by atoms with Crippen LogP contribution in [0.2, 0.25) is 0 Å². The molecule has 0 unspecified atom stereocenters.